The summed E-state index contributed by atoms with van der Waals surface area (Å²) in [6.45, 7) is -3.38. The molecule has 2 heterocycles. The first-order valence-corrected chi connectivity index (χ1v) is 14.2. The van der Waals surface area contributed by atoms with Crippen molar-refractivity contribution in [3.63, 3.8) is 0 Å². The van der Waals surface area contributed by atoms with Gasteiger partial charge in [-0.05, 0) is 22.9 Å². The Balaban J connectivity index is 1.41. The molecule has 0 aliphatic rings. The molecule has 2 unspecified atom stereocenters. The molecule has 0 aliphatic heterocycles. The molecular formula is C25H36F4O9S2. The van der Waals surface area contributed by atoms with Gasteiger partial charge >= 0.3 is 12.2 Å². The van der Waals surface area contributed by atoms with E-state index >= 15 is 0 Å². The molecule has 9 nitrogen and oxygen atoms in total. The highest BCUT2D eigenvalue weighted by Crippen LogP contribution is 2.27. The third-order valence-electron chi connectivity index (χ3n) is 4.76. The highest BCUT2D eigenvalue weighted by molar-refractivity contribution is 7.10. The number of hydrogen-bond donors (Lipinski definition) is 2. The lowest BCUT2D eigenvalue weighted by Gasteiger charge is -2.24. The van der Waals surface area contributed by atoms with Gasteiger partial charge in [0.15, 0.2) is 0 Å². The standard InChI is InChI=1S/C25H36F4O9S2/c26-24(27,17-36-16-21(31)14-33-8-6-23-4-2-12-40-23)38-25(28,29)18-37-19-35-10-9-34-15-20(30)13-32-7-5-22-3-1-11-39-22/h1-4,11-12,20-21,30-31H,5-10,13-19H2. The van der Waals surface area contributed by atoms with Crippen LogP contribution in [0.15, 0.2) is 35.0 Å². The fourth-order valence-electron chi connectivity index (χ4n) is 3.00. The van der Waals surface area contributed by atoms with Crippen LogP contribution in [0.2, 0.25) is 0 Å². The zero-order chi connectivity index (χ0) is 29.1. The van der Waals surface area contributed by atoms with Crippen LogP contribution >= 0.6 is 22.7 Å². The Morgan fingerprint density at radius 3 is 1.57 bits per heavy atom. The molecule has 2 N–H and O–H groups in total. The molecular weight excluding hydrogens is 584 g/mol. The quantitative estimate of drug-likeness (QED) is 0.0980. The van der Waals surface area contributed by atoms with Crippen molar-refractivity contribution in [2.45, 2.75) is 37.3 Å². The summed E-state index contributed by atoms with van der Waals surface area (Å²) in [6, 6.07) is 7.78. The summed E-state index contributed by atoms with van der Waals surface area (Å²) in [5.74, 6) is 0. The molecule has 2 rings (SSSR count). The van der Waals surface area contributed by atoms with E-state index < -0.39 is 51.0 Å². The van der Waals surface area contributed by atoms with Crippen LogP contribution in [0.4, 0.5) is 17.6 Å². The van der Waals surface area contributed by atoms with Crippen LogP contribution in [0, 0.1) is 0 Å². The lowest BCUT2D eigenvalue weighted by Crippen LogP contribution is -2.40. The van der Waals surface area contributed by atoms with Gasteiger partial charge in [0.25, 0.3) is 0 Å². The van der Waals surface area contributed by atoms with Crippen LogP contribution in [0.1, 0.15) is 9.75 Å². The van der Waals surface area contributed by atoms with Crippen molar-refractivity contribution < 1.29 is 60.9 Å². The first-order chi connectivity index (χ1) is 19.2. The van der Waals surface area contributed by atoms with Crippen LogP contribution in [0.25, 0.3) is 0 Å². The van der Waals surface area contributed by atoms with Crippen molar-refractivity contribution in [2.75, 3.05) is 72.9 Å². The van der Waals surface area contributed by atoms with Crippen molar-refractivity contribution in [1.82, 2.24) is 0 Å². The maximum atomic E-state index is 13.7. The van der Waals surface area contributed by atoms with E-state index in [2.05, 4.69) is 14.2 Å². The van der Waals surface area contributed by atoms with E-state index in [-0.39, 0.29) is 33.0 Å². The number of aliphatic hydroxyl groups excluding tert-OH is 2. The molecule has 230 valence electrons. The lowest BCUT2D eigenvalue weighted by molar-refractivity contribution is -0.396. The molecule has 2 aromatic rings. The largest absolute Gasteiger partial charge is 0.388 e. The molecule has 0 fully saturated rings. The summed E-state index contributed by atoms with van der Waals surface area (Å²) in [7, 11) is 0. The number of ether oxygens (including phenoxy) is 7. The Bertz CT molecular complexity index is 861. The minimum atomic E-state index is -4.32. The Morgan fingerprint density at radius 2 is 1.07 bits per heavy atom. The third kappa shape index (κ3) is 17.5. The van der Waals surface area contributed by atoms with Crippen LogP contribution in [0.3, 0.4) is 0 Å². The molecule has 0 aromatic carbocycles. The van der Waals surface area contributed by atoms with Crippen molar-refractivity contribution >= 4 is 22.7 Å². The fourth-order valence-corrected chi connectivity index (χ4v) is 4.38. The van der Waals surface area contributed by atoms with E-state index in [4.69, 9.17) is 18.9 Å². The van der Waals surface area contributed by atoms with Crippen LogP contribution in [-0.2, 0) is 46.0 Å². The molecule has 2 aromatic heterocycles. The van der Waals surface area contributed by atoms with Crippen LogP contribution in [0.5, 0.6) is 0 Å². The Morgan fingerprint density at radius 1 is 0.625 bits per heavy atom. The van der Waals surface area contributed by atoms with Gasteiger partial charge < -0.3 is 38.6 Å². The summed E-state index contributed by atoms with van der Waals surface area (Å²) >= 11 is 3.18. The van der Waals surface area contributed by atoms with Gasteiger partial charge in [0.05, 0.1) is 52.9 Å². The van der Waals surface area contributed by atoms with Crippen molar-refractivity contribution in [2.24, 2.45) is 0 Å². The highest BCUT2D eigenvalue weighted by atomic mass is 32.1. The summed E-state index contributed by atoms with van der Waals surface area (Å²) < 4.78 is 88.2. The molecule has 0 bridgehead atoms. The fraction of sp³-hybridized carbons (Fsp3) is 0.680. The smallest absolute Gasteiger partial charge is 0.383 e. The zero-order valence-corrected chi connectivity index (χ0v) is 23.5. The SMILES string of the molecule is OC(COCCOCOCC(F)(F)OC(F)(F)COCC(O)COCCc1cccs1)COCCc1cccs1. The summed E-state index contributed by atoms with van der Waals surface area (Å²) in [5, 5.41) is 23.4. The molecule has 0 amide bonds. The second-order valence-electron chi connectivity index (χ2n) is 8.46. The van der Waals surface area contributed by atoms with E-state index in [1.54, 1.807) is 22.7 Å². The molecule has 40 heavy (non-hydrogen) atoms. The molecule has 0 saturated carbocycles. The van der Waals surface area contributed by atoms with Crippen molar-refractivity contribution in [3.05, 3.63) is 44.8 Å². The van der Waals surface area contributed by atoms with Crippen LogP contribution < -0.4 is 0 Å². The first kappa shape index (κ1) is 35.0. The minimum Gasteiger partial charge on any atom is -0.388 e. The predicted molar refractivity (Wildman–Crippen MR) is 139 cm³/mol. The number of rotatable bonds is 25. The first-order valence-electron chi connectivity index (χ1n) is 12.5. The molecule has 0 spiro atoms. The summed E-state index contributed by atoms with van der Waals surface area (Å²) in [4.78, 5) is 2.29. The van der Waals surface area contributed by atoms with Crippen LogP contribution in [-0.4, -0.2) is 107 Å². The van der Waals surface area contributed by atoms with E-state index in [0.29, 0.717) is 19.6 Å². The molecule has 2 atom stereocenters. The average Bonchev–Trinajstić information content (AvgIpc) is 3.60. The molecule has 0 saturated heterocycles. The Kier molecular flexibility index (Phi) is 17.3. The van der Waals surface area contributed by atoms with Gasteiger partial charge in [0.2, 0.25) is 0 Å². The van der Waals surface area contributed by atoms with Crippen molar-refractivity contribution in [1.29, 1.82) is 0 Å². The lowest BCUT2D eigenvalue weighted by atomic mass is 10.3. The summed E-state index contributed by atoms with van der Waals surface area (Å²) in [6.07, 6.45) is -9.28. The number of alkyl halides is 4. The summed E-state index contributed by atoms with van der Waals surface area (Å²) in [5.41, 5.74) is 0. The van der Waals surface area contributed by atoms with E-state index in [9.17, 15) is 27.8 Å². The molecule has 0 radical (unpaired) electrons. The van der Waals surface area contributed by atoms with E-state index in [1.165, 1.54) is 4.88 Å². The van der Waals surface area contributed by atoms with Gasteiger partial charge in [0, 0.05) is 22.6 Å². The third-order valence-corrected chi connectivity index (χ3v) is 6.64. The maximum absolute atomic E-state index is 13.7. The number of aliphatic hydroxyl groups is 2. The van der Waals surface area contributed by atoms with Gasteiger partial charge in [-0.3, -0.25) is 4.74 Å². The van der Waals surface area contributed by atoms with Gasteiger partial charge in [-0.2, -0.15) is 17.6 Å². The minimum absolute atomic E-state index is 0.00801. The van der Waals surface area contributed by atoms with Crippen molar-refractivity contribution in [3.8, 4) is 0 Å². The number of hydrogen-bond acceptors (Lipinski definition) is 11. The van der Waals surface area contributed by atoms with E-state index in [1.807, 2.05) is 35.0 Å². The van der Waals surface area contributed by atoms with Gasteiger partial charge in [-0.1, -0.05) is 12.1 Å². The normalized spacial score (nSPS) is 14.1. The number of halogens is 4. The second kappa shape index (κ2) is 19.8. The molecule has 15 heteroatoms. The zero-order valence-electron chi connectivity index (χ0n) is 21.9. The van der Waals surface area contributed by atoms with Gasteiger partial charge in [-0.25, -0.2) is 0 Å². The topological polar surface area (TPSA) is 105 Å². The monoisotopic (exact) mass is 620 g/mol. The van der Waals surface area contributed by atoms with Gasteiger partial charge in [0.1, 0.15) is 32.2 Å². The average molecular weight is 621 g/mol. The van der Waals surface area contributed by atoms with Gasteiger partial charge in [-0.15, -0.1) is 22.7 Å². The maximum Gasteiger partial charge on any atom is 0.383 e. The highest BCUT2D eigenvalue weighted by Gasteiger charge is 2.44. The Hall–Kier alpha value is -1.24. The Labute approximate surface area is 238 Å². The van der Waals surface area contributed by atoms with E-state index in [0.717, 1.165) is 11.3 Å². The number of thiophene rings is 2. The predicted octanol–water partition coefficient (Wildman–Crippen LogP) is 3.58. The second-order valence-corrected chi connectivity index (χ2v) is 10.5. The molecule has 0 aliphatic carbocycles.